The van der Waals surface area contributed by atoms with Crippen molar-refractivity contribution in [3.05, 3.63) is 117 Å². The number of methoxy groups -OCH3 is 3. The lowest BCUT2D eigenvalue weighted by Crippen LogP contribution is -2.55. The minimum absolute atomic E-state index is 0.0322. The molecule has 4 atom stereocenters. The molecule has 0 unspecified atom stereocenters. The molecule has 1 aliphatic heterocycles. The van der Waals surface area contributed by atoms with Crippen molar-refractivity contribution in [1.29, 1.82) is 0 Å². The van der Waals surface area contributed by atoms with Crippen LogP contribution in [0.15, 0.2) is 89.9 Å². The predicted molar refractivity (Wildman–Crippen MR) is 256 cm³/mol. The number of fused-ring (bicyclic) bond motifs is 5. The number of esters is 1. The topological polar surface area (TPSA) is 275 Å². The molecule has 7 N–H and O–H groups in total. The molecule has 0 radical (unpaired) electrons. The second-order valence-electron chi connectivity index (χ2n) is 16.3. The quantitative estimate of drug-likeness (QED) is 0.0209. The molecule has 0 saturated heterocycles. The number of nitrogens with zero attached hydrogens (tertiary/aromatic N) is 3. The van der Waals surface area contributed by atoms with Crippen LogP contribution in [-0.2, 0) is 41.6 Å². The van der Waals surface area contributed by atoms with Gasteiger partial charge < -0.3 is 46.1 Å². The molecule has 1 aliphatic rings. The fraction of sp³-hybridized carbons (Fsp3) is 0.367. The van der Waals surface area contributed by atoms with Crippen molar-refractivity contribution in [2.45, 2.75) is 76.5 Å². The Morgan fingerprint density at radius 2 is 1.54 bits per heavy atom. The van der Waals surface area contributed by atoms with Crippen molar-refractivity contribution in [3.63, 3.8) is 0 Å². The number of guanidine groups is 1. The molecule has 5 amide bonds. The van der Waals surface area contributed by atoms with Gasteiger partial charge in [0.15, 0.2) is 5.03 Å². The van der Waals surface area contributed by atoms with E-state index < -0.39 is 70.7 Å². The molecule has 4 aromatic rings. The summed E-state index contributed by atoms with van der Waals surface area (Å²) >= 11 is 0. The zero-order valence-corrected chi connectivity index (χ0v) is 39.5. The molecule has 366 valence electrons. The van der Waals surface area contributed by atoms with Gasteiger partial charge in [0.25, 0.3) is 11.9 Å². The molecule has 4 aromatic carbocycles. The lowest BCUT2D eigenvalue weighted by atomic mass is 9.93. The van der Waals surface area contributed by atoms with Gasteiger partial charge in [-0.15, -0.1) is 0 Å². The number of benzene rings is 4. The number of ether oxygens (including phenoxy) is 3. The smallest absolute Gasteiger partial charge is 0.328 e. The van der Waals surface area contributed by atoms with Crippen molar-refractivity contribution >= 4 is 41.5 Å². The van der Waals surface area contributed by atoms with Crippen LogP contribution in [0.1, 0.15) is 72.6 Å². The van der Waals surface area contributed by atoms with Gasteiger partial charge in [0.1, 0.15) is 35.7 Å². The molecule has 20 heteroatoms. The van der Waals surface area contributed by atoms with Crippen molar-refractivity contribution in [2.75, 3.05) is 41.5 Å². The maximum atomic E-state index is 14.7. The monoisotopic (exact) mass is 949 g/mol. The highest BCUT2D eigenvalue weighted by atomic mass is 16.7. The maximum Gasteiger partial charge on any atom is 0.328 e. The van der Waals surface area contributed by atoms with Crippen LogP contribution in [0.4, 0.5) is 0 Å². The first kappa shape index (κ1) is 51.9. The number of hydrogen-bond donors (Lipinski definition) is 6. The van der Waals surface area contributed by atoms with E-state index >= 15 is 0 Å². The number of hydrazine groups is 1. The van der Waals surface area contributed by atoms with Gasteiger partial charge >= 0.3 is 5.97 Å². The first-order valence-electron chi connectivity index (χ1n) is 22.4. The fourth-order valence-electron chi connectivity index (χ4n) is 7.85. The van der Waals surface area contributed by atoms with Crippen LogP contribution in [0.2, 0.25) is 0 Å². The number of rotatable bonds is 18. The van der Waals surface area contributed by atoms with E-state index in [1.54, 1.807) is 54.0 Å². The zero-order valence-electron chi connectivity index (χ0n) is 39.5. The number of carbonyl (C=O) groups is 6. The molecule has 69 heavy (non-hydrogen) atoms. The lowest BCUT2D eigenvalue weighted by molar-refractivity contribution is -0.525. The fourth-order valence-corrected chi connectivity index (χ4v) is 7.85. The predicted octanol–water partition coefficient (Wildman–Crippen LogP) is 3.39. The van der Waals surface area contributed by atoms with Crippen LogP contribution in [-0.4, -0.2) is 111 Å². The van der Waals surface area contributed by atoms with Crippen molar-refractivity contribution in [3.8, 4) is 33.8 Å². The third kappa shape index (κ3) is 14.0. The van der Waals surface area contributed by atoms with Crippen LogP contribution in [0.3, 0.4) is 0 Å². The number of likely N-dealkylation sites (N-methyl/N-ethyl adjacent to an activating group) is 1. The van der Waals surface area contributed by atoms with E-state index in [4.69, 9.17) is 19.9 Å². The van der Waals surface area contributed by atoms with E-state index in [0.717, 1.165) is 28.9 Å². The number of aliphatic imine (C=N–C) groups is 1. The molecule has 1 heterocycles. The Labute approximate surface area is 399 Å². The highest BCUT2D eigenvalue weighted by Crippen LogP contribution is 2.40. The summed E-state index contributed by atoms with van der Waals surface area (Å²) in [5, 5.41) is 20.8. The van der Waals surface area contributed by atoms with E-state index in [-0.39, 0.29) is 44.3 Å². The summed E-state index contributed by atoms with van der Waals surface area (Å²) in [6, 6.07) is 20.3. The normalized spacial score (nSPS) is 16.3. The minimum atomic E-state index is -1.44. The van der Waals surface area contributed by atoms with Gasteiger partial charge in [-0.3, -0.25) is 24.0 Å². The number of nitro groups is 1. The molecule has 0 aliphatic carbocycles. The van der Waals surface area contributed by atoms with Gasteiger partial charge in [-0.05, 0) is 90.4 Å². The standard InChI is InChI=1S/C49H59N9O11/c1-7-9-30-11-14-32(15-12-30)33-16-18-34(19-17-33)45(61)51-25-23-42(59)54-38(10-8-24-52-49(50)56-58(65)66)47(63)57(3)43-35-20-22-41(68-5)37(28-35)36-26-31(13-21-40(36)67-4)27-39(48(64)69-6)55-44(60)29(2)53-46(43)62/h11-22,26,28-29,38-39,43H,7-10,23-25,27H2,1-6H3,(H,51,61)(H,53,62)(H,54,59)(H,55,60)(H3,50,52,56)/t29-,38-,39-,43-/m0/s1. The van der Waals surface area contributed by atoms with Crippen LogP contribution >= 0.6 is 0 Å². The molecule has 0 spiro atoms. The Morgan fingerprint density at radius 1 is 0.899 bits per heavy atom. The Hall–Kier alpha value is -8.03. The van der Waals surface area contributed by atoms with Gasteiger partial charge in [0.2, 0.25) is 23.6 Å². The van der Waals surface area contributed by atoms with E-state index in [9.17, 15) is 38.9 Å². The Bertz CT molecular complexity index is 2530. The summed E-state index contributed by atoms with van der Waals surface area (Å²) in [6.07, 6.45) is 1.87. The summed E-state index contributed by atoms with van der Waals surface area (Å²) in [4.78, 5) is 98.3. The Morgan fingerprint density at radius 3 is 2.16 bits per heavy atom. The first-order chi connectivity index (χ1) is 33.1. The average molecular weight is 950 g/mol. The van der Waals surface area contributed by atoms with Gasteiger partial charge in [0, 0.05) is 49.7 Å². The lowest BCUT2D eigenvalue weighted by Gasteiger charge is -2.32. The van der Waals surface area contributed by atoms with E-state index in [1.165, 1.54) is 40.9 Å². The summed E-state index contributed by atoms with van der Waals surface area (Å²) in [7, 11) is 5.49. The Kier molecular flexibility index (Phi) is 18.6. The number of carbonyl (C=O) groups excluding carboxylic acids is 6. The molecule has 4 bridgehead atoms. The molecule has 20 nitrogen and oxygen atoms in total. The summed E-state index contributed by atoms with van der Waals surface area (Å²) < 4.78 is 16.4. The van der Waals surface area contributed by atoms with Gasteiger partial charge in [0.05, 0.1) is 21.3 Å². The number of amides is 5. The van der Waals surface area contributed by atoms with Crippen molar-refractivity contribution < 1.29 is 48.0 Å². The first-order valence-corrected chi connectivity index (χ1v) is 22.4. The van der Waals surface area contributed by atoms with Crippen molar-refractivity contribution in [2.24, 2.45) is 10.7 Å². The average Bonchev–Trinajstić information content (AvgIpc) is 3.33. The van der Waals surface area contributed by atoms with E-state index in [1.807, 2.05) is 24.3 Å². The molecular weight excluding hydrogens is 891 g/mol. The number of aryl methyl sites for hydroxylation is 1. The third-order valence-electron chi connectivity index (χ3n) is 11.5. The van der Waals surface area contributed by atoms with E-state index in [0.29, 0.717) is 33.8 Å². The molecule has 0 aromatic heterocycles. The Balaban J connectivity index is 1.41. The van der Waals surface area contributed by atoms with Crippen LogP contribution in [0, 0.1) is 10.1 Å². The molecule has 5 rings (SSSR count). The van der Waals surface area contributed by atoms with Gasteiger partial charge in [-0.2, -0.15) is 0 Å². The van der Waals surface area contributed by atoms with E-state index in [2.05, 4.69) is 45.3 Å². The third-order valence-corrected chi connectivity index (χ3v) is 11.5. The van der Waals surface area contributed by atoms with Crippen LogP contribution < -0.4 is 41.9 Å². The molecular formula is C49H59N9O11. The minimum Gasteiger partial charge on any atom is -0.496 e. The van der Waals surface area contributed by atoms with Crippen molar-refractivity contribution in [1.82, 2.24) is 31.6 Å². The second kappa shape index (κ2) is 24.7. The largest absolute Gasteiger partial charge is 0.496 e. The van der Waals surface area contributed by atoms with Crippen LogP contribution in [0.5, 0.6) is 11.5 Å². The highest BCUT2D eigenvalue weighted by molar-refractivity contribution is 5.97. The second-order valence-corrected chi connectivity index (χ2v) is 16.3. The number of hydrogen-bond acceptors (Lipinski definition) is 12. The summed E-state index contributed by atoms with van der Waals surface area (Å²) in [5.41, 5.74) is 12.8. The summed E-state index contributed by atoms with van der Waals surface area (Å²) in [5.74, 6) is -3.64. The maximum absolute atomic E-state index is 14.7. The molecule has 0 saturated carbocycles. The highest BCUT2D eigenvalue weighted by Gasteiger charge is 2.36. The van der Waals surface area contributed by atoms with Gasteiger partial charge in [-0.25, -0.2) is 19.9 Å². The zero-order chi connectivity index (χ0) is 50.2. The number of nitrogens with two attached hydrogens (primary N) is 1. The van der Waals surface area contributed by atoms with Gasteiger partial charge in [-0.1, -0.05) is 67.3 Å². The molecule has 0 fully saturated rings. The number of nitrogens with one attached hydrogen (secondary N) is 5. The summed E-state index contributed by atoms with van der Waals surface area (Å²) in [6.45, 7) is 3.37. The van der Waals surface area contributed by atoms with Crippen LogP contribution in [0.25, 0.3) is 22.3 Å². The SMILES string of the molecule is CCCc1ccc(-c2ccc(C(=O)NCCC(=O)N[C@@H](CCCN=C(N)N[N+](=O)[O-])C(=O)N(C)[C@@H]3C(=O)N[C@@H](C)C(=O)N[C@H](C(=O)OC)Cc4ccc(OC)c(c4)-c4cc3ccc4OC)cc2)cc1.